The Kier molecular flexibility index (Phi) is 9.27. The zero-order valence-electron chi connectivity index (χ0n) is 12.2. The molecule has 0 spiro atoms. The van der Waals surface area contributed by atoms with Crippen LogP contribution in [-0.4, -0.2) is 39.5 Å². The molecule has 0 aliphatic carbocycles. The topological polar surface area (TPSA) is 21.7 Å². The fraction of sp³-hybridized carbons (Fsp3) is 0.600. The highest BCUT2D eigenvalue weighted by atomic mass is 79.9. The Morgan fingerprint density at radius 2 is 1.70 bits per heavy atom. The summed E-state index contributed by atoms with van der Waals surface area (Å²) in [5.74, 6) is 0.525. The second kappa shape index (κ2) is 10.4. The van der Waals surface area contributed by atoms with Gasteiger partial charge in [-0.05, 0) is 47.5 Å². The third-order valence-electron chi connectivity index (χ3n) is 2.93. The predicted octanol–water partition coefficient (Wildman–Crippen LogP) is 4.07. The summed E-state index contributed by atoms with van der Waals surface area (Å²) < 4.78 is 12.0. The number of benzene rings is 1. The normalized spacial score (nSPS) is 10.8. The smallest absolute Gasteiger partial charge is 0.0641 e. The van der Waals surface area contributed by atoms with Crippen molar-refractivity contribution in [3.63, 3.8) is 0 Å². The Balaban J connectivity index is 2.73. The molecular weight excluding hydrogens is 342 g/mol. The van der Waals surface area contributed by atoms with Crippen molar-refractivity contribution < 1.29 is 9.47 Å². The van der Waals surface area contributed by atoms with Crippen LogP contribution in [0.3, 0.4) is 0 Å². The number of nitrogens with zero attached hydrogens (tertiary/aromatic N) is 1. The van der Waals surface area contributed by atoms with Crippen LogP contribution < -0.4 is 4.90 Å². The van der Waals surface area contributed by atoms with E-state index in [2.05, 4.69) is 39.0 Å². The van der Waals surface area contributed by atoms with Crippen LogP contribution in [0.15, 0.2) is 22.7 Å². The molecule has 5 heteroatoms. The van der Waals surface area contributed by atoms with Crippen molar-refractivity contribution in [1.82, 2.24) is 0 Å². The number of hydrogen-bond donors (Lipinski definition) is 0. The quantitative estimate of drug-likeness (QED) is 0.461. The van der Waals surface area contributed by atoms with E-state index >= 15 is 0 Å². The van der Waals surface area contributed by atoms with Crippen LogP contribution in [0.25, 0.3) is 0 Å². The first kappa shape index (κ1) is 17.8. The maximum atomic E-state index is 5.86. The van der Waals surface area contributed by atoms with Gasteiger partial charge in [-0.25, -0.2) is 0 Å². The van der Waals surface area contributed by atoms with E-state index in [1.807, 2.05) is 13.8 Å². The summed E-state index contributed by atoms with van der Waals surface area (Å²) in [5, 5.41) is 0. The maximum Gasteiger partial charge on any atom is 0.0641 e. The van der Waals surface area contributed by atoms with E-state index in [4.69, 9.17) is 21.1 Å². The third-order valence-corrected chi connectivity index (χ3v) is 3.87. The molecule has 0 amide bonds. The van der Waals surface area contributed by atoms with Gasteiger partial charge in [-0.1, -0.05) is 6.07 Å². The Bertz CT molecular complexity index is 380. The molecule has 3 nitrogen and oxygen atoms in total. The average molecular weight is 365 g/mol. The second-order valence-corrected chi connectivity index (χ2v) is 5.42. The van der Waals surface area contributed by atoms with Crippen LogP contribution in [0.1, 0.15) is 19.4 Å². The minimum Gasteiger partial charge on any atom is -0.380 e. The molecule has 114 valence electrons. The lowest BCUT2D eigenvalue weighted by Gasteiger charge is -2.26. The molecule has 0 aliphatic rings. The van der Waals surface area contributed by atoms with Crippen molar-refractivity contribution in [3.8, 4) is 0 Å². The van der Waals surface area contributed by atoms with E-state index in [9.17, 15) is 0 Å². The predicted molar refractivity (Wildman–Crippen MR) is 88.9 cm³/mol. The molecule has 0 saturated heterocycles. The Hall–Kier alpha value is -0.290. The van der Waals surface area contributed by atoms with Crippen molar-refractivity contribution in [2.24, 2.45) is 0 Å². The summed E-state index contributed by atoms with van der Waals surface area (Å²) in [5.41, 5.74) is 2.26. The summed E-state index contributed by atoms with van der Waals surface area (Å²) >= 11 is 9.49. The van der Waals surface area contributed by atoms with Gasteiger partial charge in [-0.3, -0.25) is 0 Å². The van der Waals surface area contributed by atoms with Gasteiger partial charge < -0.3 is 14.4 Å². The van der Waals surface area contributed by atoms with Crippen molar-refractivity contribution >= 4 is 33.2 Å². The summed E-state index contributed by atoms with van der Waals surface area (Å²) in [7, 11) is 0. The molecule has 20 heavy (non-hydrogen) atoms. The van der Waals surface area contributed by atoms with Crippen molar-refractivity contribution in [3.05, 3.63) is 28.2 Å². The van der Waals surface area contributed by atoms with Crippen LogP contribution in [0.4, 0.5) is 5.69 Å². The average Bonchev–Trinajstić information content (AvgIpc) is 2.46. The van der Waals surface area contributed by atoms with Gasteiger partial charge in [0.2, 0.25) is 0 Å². The first-order valence-corrected chi connectivity index (χ1v) is 8.30. The molecule has 1 aromatic rings. The standard InChI is InChI=1S/C15H23BrClNO2/c1-3-19-9-7-18(8-10-20-4-2)15-6-5-13(12-17)11-14(15)16/h5-6,11H,3-4,7-10,12H2,1-2H3. The second-order valence-electron chi connectivity index (χ2n) is 4.30. The SMILES string of the molecule is CCOCCN(CCOCC)c1ccc(CCl)cc1Br. The number of halogens is 2. The molecule has 0 radical (unpaired) electrons. The van der Waals surface area contributed by atoms with Crippen LogP contribution in [0, 0.1) is 0 Å². The first-order chi connectivity index (χ1) is 9.72. The van der Waals surface area contributed by atoms with Crippen LogP contribution in [0.2, 0.25) is 0 Å². The minimum atomic E-state index is 0.525. The number of ether oxygens (including phenoxy) is 2. The van der Waals surface area contributed by atoms with Gasteiger partial charge in [0, 0.05) is 36.7 Å². The summed E-state index contributed by atoms with van der Waals surface area (Å²) in [6, 6.07) is 6.22. The lowest BCUT2D eigenvalue weighted by atomic mass is 10.2. The molecular formula is C15H23BrClNO2. The Labute approximate surface area is 135 Å². The van der Waals surface area contributed by atoms with Crippen molar-refractivity contribution in [2.75, 3.05) is 44.4 Å². The molecule has 0 saturated carbocycles. The van der Waals surface area contributed by atoms with E-state index in [1.54, 1.807) is 0 Å². The number of alkyl halides is 1. The number of rotatable bonds is 10. The Morgan fingerprint density at radius 3 is 2.15 bits per heavy atom. The van der Waals surface area contributed by atoms with Crippen LogP contribution in [0.5, 0.6) is 0 Å². The summed E-state index contributed by atoms with van der Waals surface area (Å²) in [6.07, 6.45) is 0. The third kappa shape index (κ3) is 6.00. The monoisotopic (exact) mass is 363 g/mol. The van der Waals surface area contributed by atoms with E-state index in [0.717, 1.165) is 42.0 Å². The molecule has 0 unspecified atom stereocenters. The van der Waals surface area contributed by atoms with Gasteiger partial charge >= 0.3 is 0 Å². The van der Waals surface area contributed by atoms with Crippen molar-refractivity contribution in [2.45, 2.75) is 19.7 Å². The largest absolute Gasteiger partial charge is 0.380 e. The van der Waals surface area contributed by atoms with Gasteiger partial charge in [0.15, 0.2) is 0 Å². The van der Waals surface area contributed by atoms with E-state index in [0.29, 0.717) is 19.1 Å². The fourth-order valence-electron chi connectivity index (χ4n) is 1.88. The highest BCUT2D eigenvalue weighted by Gasteiger charge is 2.10. The highest BCUT2D eigenvalue weighted by Crippen LogP contribution is 2.27. The fourth-order valence-corrected chi connectivity index (χ4v) is 2.72. The van der Waals surface area contributed by atoms with Gasteiger partial charge in [-0.2, -0.15) is 0 Å². The number of anilines is 1. The summed E-state index contributed by atoms with van der Waals surface area (Å²) in [4.78, 5) is 2.27. The van der Waals surface area contributed by atoms with Gasteiger partial charge in [0.1, 0.15) is 0 Å². The molecule has 0 bridgehead atoms. The number of hydrogen-bond acceptors (Lipinski definition) is 3. The molecule has 0 heterocycles. The lowest BCUT2D eigenvalue weighted by Crippen LogP contribution is -2.31. The highest BCUT2D eigenvalue weighted by molar-refractivity contribution is 9.10. The molecule has 1 rings (SSSR count). The molecule has 0 N–H and O–H groups in total. The zero-order chi connectivity index (χ0) is 14.8. The van der Waals surface area contributed by atoms with E-state index in [-0.39, 0.29) is 0 Å². The van der Waals surface area contributed by atoms with Crippen LogP contribution in [-0.2, 0) is 15.4 Å². The molecule has 0 aromatic heterocycles. The van der Waals surface area contributed by atoms with Gasteiger partial charge in [0.25, 0.3) is 0 Å². The van der Waals surface area contributed by atoms with E-state index < -0.39 is 0 Å². The van der Waals surface area contributed by atoms with Crippen LogP contribution >= 0.6 is 27.5 Å². The minimum absolute atomic E-state index is 0.525. The molecule has 0 atom stereocenters. The first-order valence-electron chi connectivity index (χ1n) is 6.97. The summed E-state index contributed by atoms with van der Waals surface area (Å²) in [6.45, 7) is 8.63. The van der Waals surface area contributed by atoms with Gasteiger partial charge in [-0.15, -0.1) is 11.6 Å². The van der Waals surface area contributed by atoms with E-state index in [1.165, 1.54) is 0 Å². The Morgan fingerprint density at radius 1 is 1.10 bits per heavy atom. The molecule has 1 aromatic carbocycles. The maximum absolute atomic E-state index is 5.86. The lowest BCUT2D eigenvalue weighted by molar-refractivity contribution is 0.141. The molecule has 0 aliphatic heterocycles. The van der Waals surface area contributed by atoms with Crippen molar-refractivity contribution in [1.29, 1.82) is 0 Å². The zero-order valence-corrected chi connectivity index (χ0v) is 14.5. The molecule has 0 fully saturated rings. The van der Waals surface area contributed by atoms with Gasteiger partial charge in [0.05, 0.1) is 18.9 Å².